The van der Waals surface area contributed by atoms with Crippen molar-refractivity contribution in [1.29, 1.82) is 0 Å². The molecule has 3 rings (SSSR count). The molecule has 118 valence electrons. The van der Waals surface area contributed by atoms with Crippen molar-refractivity contribution in [2.24, 2.45) is 11.3 Å². The van der Waals surface area contributed by atoms with Crippen molar-refractivity contribution in [3.63, 3.8) is 0 Å². The summed E-state index contributed by atoms with van der Waals surface area (Å²) in [6.07, 6.45) is 7.00. The van der Waals surface area contributed by atoms with Gasteiger partial charge in [-0.15, -0.1) is 0 Å². The highest BCUT2D eigenvalue weighted by atomic mass is 16.2. The van der Waals surface area contributed by atoms with Gasteiger partial charge in [-0.2, -0.15) is 0 Å². The zero-order valence-corrected chi connectivity index (χ0v) is 13.0. The molecule has 0 bridgehead atoms. The van der Waals surface area contributed by atoms with Crippen LogP contribution in [0.2, 0.25) is 0 Å². The monoisotopic (exact) mass is 301 g/mol. The Morgan fingerprint density at radius 3 is 2.91 bits per heavy atom. The Balaban J connectivity index is 1.60. The number of carbonyl (C=O) groups excluding carboxylic acids is 2. The third-order valence-corrected chi connectivity index (χ3v) is 4.71. The van der Waals surface area contributed by atoms with Gasteiger partial charge in [0.1, 0.15) is 5.41 Å². The molecule has 1 saturated heterocycles. The maximum atomic E-state index is 12.7. The zero-order chi connectivity index (χ0) is 15.6. The normalized spacial score (nSPS) is 23.0. The molecule has 1 saturated carbocycles. The number of nitrogens with one attached hydrogen (secondary N) is 1. The van der Waals surface area contributed by atoms with Crippen molar-refractivity contribution >= 4 is 11.8 Å². The summed E-state index contributed by atoms with van der Waals surface area (Å²) in [6, 6.07) is 3.76. The molecule has 1 aromatic heterocycles. The van der Waals surface area contributed by atoms with E-state index in [9.17, 15) is 9.59 Å². The van der Waals surface area contributed by atoms with Crippen molar-refractivity contribution in [3.05, 3.63) is 30.1 Å². The fraction of sp³-hybridized carbons (Fsp3) is 0.588. The third-order valence-electron chi connectivity index (χ3n) is 4.71. The Hall–Kier alpha value is -1.91. The van der Waals surface area contributed by atoms with Gasteiger partial charge in [-0.25, -0.2) is 0 Å². The Bertz CT molecular complexity index is 554. The second-order valence-electron chi connectivity index (χ2n) is 6.62. The largest absolute Gasteiger partial charge is 0.351 e. The maximum absolute atomic E-state index is 12.7. The summed E-state index contributed by atoms with van der Waals surface area (Å²) < 4.78 is 0. The summed E-state index contributed by atoms with van der Waals surface area (Å²) in [5, 5.41) is 2.91. The predicted octanol–water partition coefficient (Wildman–Crippen LogP) is 1.74. The molecular weight excluding hydrogens is 278 g/mol. The van der Waals surface area contributed by atoms with Crippen LogP contribution in [0.15, 0.2) is 24.5 Å². The lowest BCUT2D eigenvalue weighted by molar-refractivity contribution is -0.145. The first kappa shape index (κ1) is 15.0. The quantitative estimate of drug-likeness (QED) is 0.862. The summed E-state index contributed by atoms with van der Waals surface area (Å²) in [6.45, 7) is 4.18. The topological polar surface area (TPSA) is 62.3 Å². The van der Waals surface area contributed by atoms with E-state index < -0.39 is 5.41 Å². The highest BCUT2D eigenvalue weighted by Crippen LogP contribution is 2.48. The Kier molecular flexibility index (Phi) is 4.14. The van der Waals surface area contributed by atoms with Crippen LogP contribution in [0.4, 0.5) is 0 Å². The van der Waals surface area contributed by atoms with Gasteiger partial charge >= 0.3 is 0 Å². The van der Waals surface area contributed by atoms with Crippen LogP contribution in [-0.2, 0) is 16.1 Å². The van der Waals surface area contributed by atoms with Crippen LogP contribution in [0.25, 0.3) is 0 Å². The lowest BCUT2D eigenvalue weighted by Crippen LogP contribution is -2.48. The van der Waals surface area contributed by atoms with Crippen LogP contribution in [0.1, 0.15) is 38.2 Å². The number of amides is 2. The summed E-state index contributed by atoms with van der Waals surface area (Å²) in [4.78, 5) is 31.1. The SMILES string of the molecule is CC1CCCN(C(=O)C2(C(=O)NCc3cccnc3)CC2)C1. The molecule has 1 unspecified atom stereocenters. The smallest absolute Gasteiger partial charge is 0.238 e. The van der Waals surface area contributed by atoms with Crippen LogP contribution in [0.5, 0.6) is 0 Å². The maximum Gasteiger partial charge on any atom is 0.238 e. The van der Waals surface area contributed by atoms with E-state index in [2.05, 4.69) is 17.2 Å². The van der Waals surface area contributed by atoms with Crippen LogP contribution in [0.3, 0.4) is 0 Å². The van der Waals surface area contributed by atoms with Crippen LogP contribution in [-0.4, -0.2) is 34.8 Å². The first-order chi connectivity index (χ1) is 10.6. The molecule has 22 heavy (non-hydrogen) atoms. The number of hydrogen-bond acceptors (Lipinski definition) is 3. The summed E-state index contributed by atoms with van der Waals surface area (Å²) in [7, 11) is 0. The first-order valence-electron chi connectivity index (χ1n) is 8.08. The molecule has 1 atom stereocenters. The van der Waals surface area contributed by atoms with Gasteiger partial charge < -0.3 is 10.2 Å². The number of carbonyl (C=O) groups is 2. The molecule has 2 amide bonds. The molecule has 1 aliphatic heterocycles. The lowest BCUT2D eigenvalue weighted by Gasteiger charge is -2.33. The minimum absolute atomic E-state index is 0.0303. The van der Waals surface area contributed by atoms with E-state index in [0.29, 0.717) is 25.3 Å². The molecule has 0 radical (unpaired) electrons. The highest BCUT2D eigenvalue weighted by Gasteiger charge is 2.58. The van der Waals surface area contributed by atoms with E-state index >= 15 is 0 Å². The molecule has 2 fully saturated rings. The summed E-state index contributed by atoms with van der Waals surface area (Å²) >= 11 is 0. The van der Waals surface area contributed by atoms with Crippen molar-refractivity contribution < 1.29 is 9.59 Å². The average molecular weight is 301 g/mol. The molecule has 0 spiro atoms. The second kappa shape index (κ2) is 6.07. The molecule has 1 aromatic rings. The van der Waals surface area contributed by atoms with Gasteiger partial charge in [-0.1, -0.05) is 13.0 Å². The van der Waals surface area contributed by atoms with E-state index in [4.69, 9.17) is 0 Å². The number of aromatic nitrogens is 1. The Morgan fingerprint density at radius 1 is 1.45 bits per heavy atom. The van der Waals surface area contributed by atoms with Crippen LogP contribution in [0, 0.1) is 11.3 Å². The van der Waals surface area contributed by atoms with E-state index in [1.165, 1.54) is 6.42 Å². The lowest BCUT2D eigenvalue weighted by atomic mass is 9.96. The molecule has 1 aliphatic carbocycles. The van der Waals surface area contributed by atoms with Crippen molar-refractivity contribution in [3.8, 4) is 0 Å². The fourth-order valence-electron chi connectivity index (χ4n) is 3.19. The van der Waals surface area contributed by atoms with Gasteiger partial charge in [-0.05, 0) is 43.2 Å². The number of rotatable bonds is 4. The van der Waals surface area contributed by atoms with E-state index in [0.717, 1.165) is 25.1 Å². The van der Waals surface area contributed by atoms with E-state index in [1.807, 2.05) is 17.0 Å². The van der Waals surface area contributed by atoms with Crippen LogP contribution < -0.4 is 5.32 Å². The number of hydrogen-bond donors (Lipinski definition) is 1. The zero-order valence-electron chi connectivity index (χ0n) is 13.0. The van der Waals surface area contributed by atoms with Crippen molar-refractivity contribution in [1.82, 2.24) is 15.2 Å². The van der Waals surface area contributed by atoms with Crippen LogP contribution >= 0.6 is 0 Å². The number of likely N-dealkylation sites (tertiary alicyclic amines) is 1. The van der Waals surface area contributed by atoms with Gasteiger partial charge in [0.15, 0.2) is 0 Å². The Morgan fingerprint density at radius 2 is 2.27 bits per heavy atom. The highest BCUT2D eigenvalue weighted by molar-refractivity contribution is 6.07. The summed E-state index contributed by atoms with van der Waals surface area (Å²) in [5.74, 6) is 0.439. The second-order valence-corrected chi connectivity index (χ2v) is 6.62. The first-order valence-corrected chi connectivity index (χ1v) is 8.08. The number of pyridine rings is 1. The van der Waals surface area contributed by atoms with Gasteiger partial charge in [0.25, 0.3) is 0 Å². The minimum Gasteiger partial charge on any atom is -0.351 e. The average Bonchev–Trinajstić information content (AvgIpc) is 3.35. The Labute approximate surface area is 131 Å². The van der Waals surface area contributed by atoms with E-state index in [1.54, 1.807) is 12.4 Å². The molecule has 5 nitrogen and oxygen atoms in total. The molecule has 1 N–H and O–H groups in total. The number of piperidine rings is 1. The van der Waals surface area contributed by atoms with Crippen molar-refractivity contribution in [2.45, 2.75) is 39.2 Å². The summed E-state index contributed by atoms with van der Waals surface area (Å²) in [5.41, 5.74) is 0.157. The predicted molar refractivity (Wildman–Crippen MR) is 82.7 cm³/mol. The van der Waals surface area contributed by atoms with E-state index in [-0.39, 0.29) is 11.8 Å². The van der Waals surface area contributed by atoms with Gasteiger partial charge in [0, 0.05) is 32.0 Å². The molecule has 5 heteroatoms. The molecule has 0 aromatic carbocycles. The molecule has 2 aliphatic rings. The van der Waals surface area contributed by atoms with Gasteiger partial charge in [0.05, 0.1) is 0 Å². The van der Waals surface area contributed by atoms with Gasteiger partial charge in [-0.3, -0.25) is 14.6 Å². The fourth-order valence-corrected chi connectivity index (χ4v) is 3.19. The number of nitrogens with zero attached hydrogens (tertiary/aromatic N) is 2. The van der Waals surface area contributed by atoms with Crippen molar-refractivity contribution in [2.75, 3.05) is 13.1 Å². The third kappa shape index (κ3) is 2.98. The standard InChI is InChI=1S/C17H23N3O2/c1-13-4-3-9-20(12-13)16(22)17(6-7-17)15(21)19-11-14-5-2-8-18-10-14/h2,5,8,10,13H,3-4,6-7,9,11-12H2,1H3,(H,19,21). The molecule has 2 heterocycles. The molecular formula is C17H23N3O2. The van der Waals surface area contributed by atoms with Gasteiger partial charge in [0.2, 0.25) is 11.8 Å². The minimum atomic E-state index is -0.792.